The fourth-order valence-electron chi connectivity index (χ4n) is 1.74. The van der Waals surface area contributed by atoms with E-state index in [1.54, 1.807) is 6.07 Å². The van der Waals surface area contributed by atoms with Crippen molar-refractivity contribution < 1.29 is 12.8 Å². The molecule has 0 fully saturated rings. The monoisotopic (exact) mass is 285 g/mol. The van der Waals surface area contributed by atoms with Crippen LogP contribution in [0.5, 0.6) is 0 Å². The average Bonchev–Trinajstić information content (AvgIpc) is 2.32. The minimum atomic E-state index is -3.62. The first-order valence-electron chi connectivity index (χ1n) is 6.26. The Morgan fingerprint density at radius 3 is 2.42 bits per heavy atom. The predicted molar refractivity (Wildman–Crippen MR) is 75.7 cm³/mol. The van der Waals surface area contributed by atoms with E-state index in [4.69, 9.17) is 5.41 Å². The summed E-state index contributed by atoms with van der Waals surface area (Å²) in [5, 5.41) is 7.89. The maximum Gasteiger partial charge on any atom is 0.165 e. The van der Waals surface area contributed by atoms with Gasteiger partial charge in [0.15, 0.2) is 9.84 Å². The lowest BCUT2D eigenvalue weighted by atomic mass is 10.0. The Morgan fingerprint density at radius 2 is 1.89 bits per heavy atom. The van der Waals surface area contributed by atoms with Crippen molar-refractivity contribution in [1.29, 1.82) is 5.41 Å². The van der Waals surface area contributed by atoms with E-state index in [9.17, 15) is 12.8 Å². The van der Waals surface area contributed by atoms with Crippen LogP contribution in [0.4, 0.5) is 4.39 Å². The number of rotatable bonds is 6. The summed E-state index contributed by atoms with van der Waals surface area (Å²) in [4.78, 5) is 0. The molecule has 5 heteroatoms. The molecule has 0 heterocycles. The van der Waals surface area contributed by atoms with Crippen molar-refractivity contribution in [1.82, 2.24) is 0 Å². The molecule has 0 atom stereocenters. The van der Waals surface area contributed by atoms with Gasteiger partial charge in [-0.3, -0.25) is 0 Å². The van der Waals surface area contributed by atoms with E-state index < -0.39 is 20.4 Å². The van der Waals surface area contributed by atoms with Crippen LogP contribution in [0.15, 0.2) is 24.3 Å². The van der Waals surface area contributed by atoms with E-state index in [-0.39, 0.29) is 17.0 Å². The number of benzene rings is 1. The molecular weight excluding hydrogens is 265 g/mol. The van der Waals surface area contributed by atoms with Gasteiger partial charge in [-0.25, -0.2) is 12.8 Å². The summed E-state index contributed by atoms with van der Waals surface area (Å²) < 4.78 is 37.0. The Kier molecular flexibility index (Phi) is 4.85. The van der Waals surface area contributed by atoms with Gasteiger partial charge in [0, 0.05) is 11.3 Å². The van der Waals surface area contributed by atoms with Crippen molar-refractivity contribution in [3.63, 3.8) is 0 Å². The average molecular weight is 285 g/mol. The van der Waals surface area contributed by atoms with Crippen LogP contribution in [-0.4, -0.2) is 18.9 Å². The normalized spacial score (nSPS) is 12.4. The van der Waals surface area contributed by atoms with Crippen LogP contribution in [0, 0.1) is 11.2 Å². The Balaban J connectivity index is 3.05. The molecule has 1 rings (SSSR count). The highest BCUT2D eigenvalue weighted by molar-refractivity contribution is 7.92. The van der Waals surface area contributed by atoms with Crippen molar-refractivity contribution in [2.24, 2.45) is 0 Å². The Hall–Kier alpha value is -1.23. The van der Waals surface area contributed by atoms with E-state index in [1.807, 2.05) is 6.92 Å². The van der Waals surface area contributed by atoms with E-state index in [1.165, 1.54) is 32.0 Å². The minimum Gasteiger partial charge on any atom is -0.308 e. The number of sulfone groups is 1. The van der Waals surface area contributed by atoms with Crippen molar-refractivity contribution in [2.45, 2.75) is 44.1 Å². The smallest absolute Gasteiger partial charge is 0.165 e. The maximum atomic E-state index is 13.5. The van der Waals surface area contributed by atoms with Crippen molar-refractivity contribution in [3.8, 4) is 0 Å². The highest BCUT2D eigenvalue weighted by Crippen LogP contribution is 2.25. The molecule has 106 valence electrons. The molecule has 0 aromatic heterocycles. The molecule has 1 N–H and O–H groups in total. The number of nitrogens with one attached hydrogen (secondary N) is 1. The summed E-state index contributed by atoms with van der Waals surface area (Å²) in [6, 6.07) is 5.84. The van der Waals surface area contributed by atoms with Crippen molar-refractivity contribution in [2.75, 3.05) is 0 Å². The summed E-state index contributed by atoms with van der Waals surface area (Å²) in [7, 11) is -3.62. The lowest BCUT2D eigenvalue weighted by Crippen LogP contribution is -2.41. The molecule has 0 aliphatic carbocycles. The van der Waals surface area contributed by atoms with Gasteiger partial charge in [0.25, 0.3) is 0 Å². The Bertz CT molecular complexity index is 565. The first-order chi connectivity index (χ1) is 8.72. The third-order valence-corrected chi connectivity index (χ3v) is 5.80. The molecule has 0 aliphatic rings. The third kappa shape index (κ3) is 3.41. The van der Waals surface area contributed by atoms with E-state index >= 15 is 0 Å². The fraction of sp³-hybridized carbons (Fsp3) is 0.500. The van der Waals surface area contributed by atoms with E-state index in [2.05, 4.69) is 0 Å². The molecule has 0 aliphatic heterocycles. The molecule has 0 saturated heterocycles. The van der Waals surface area contributed by atoms with Crippen LogP contribution in [0.25, 0.3) is 0 Å². The highest BCUT2D eigenvalue weighted by atomic mass is 32.2. The third-order valence-electron chi connectivity index (χ3n) is 3.31. The number of hydrogen-bond donors (Lipinski definition) is 1. The van der Waals surface area contributed by atoms with Crippen molar-refractivity contribution >= 4 is 15.5 Å². The second-order valence-corrected chi connectivity index (χ2v) is 7.63. The lowest BCUT2D eigenvalue weighted by molar-refractivity contribution is 0.569. The van der Waals surface area contributed by atoms with Gasteiger partial charge < -0.3 is 5.41 Å². The molecule has 0 spiro atoms. The Labute approximate surface area is 114 Å². The molecule has 19 heavy (non-hydrogen) atoms. The van der Waals surface area contributed by atoms with Gasteiger partial charge >= 0.3 is 0 Å². The zero-order valence-corrected chi connectivity index (χ0v) is 12.3. The van der Waals surface area contributed by atoms with E-state index in [0.29, 0.717) is 6.42 Å². The quantitative estimate of drug-likeness (QED) is 0.815. The van der Waals surface area contributed by atoms with Crippen LogP contribution < -0.4 is 0 Å². The standard InChI is InChI=1S/C14H20FNO2S/c1-4-7-13(16)14(2,3)19(17,18)10-11-8-5-6-9-12(11)15/h5-6,8-9,16H,4,7,10H2,1-3H3. The summed E-state index contributed by atoms with van der Waals surface area (Å²) in [6.45, 7) is 4.93. The maximum absolute atomic E-state index is 13.5. The van der Waals surface area contributed by atoms with Crippen LogP contribution in [0.1, 0.15) is 39.2 Å². The van der Waals surface area contributed by atoms with Crippen LogP contribution in [0.3, 0.4) is 0 Å². The second kappa shape index (κ2) is 5.82. The van der Waals surface area contributed by atoms with Crippen LogP contribution in [-0.2, 0) is 15.6 Å². The first-order valence-corrected chi connectivity index (χ1v) is 7.91. The fourth-order valence-corrected chi connectivity index (χ4v) is 3.22. The number of hydrogen-bond acceptors (Lipinski definition) is 3. The minimum absolute atomic E-state index is 0.153. The van der Waals surface area contributed by atoms with Gasteiger partial charge in [0.1, 0.15) is 10.6 Å². The molecule has 0 saturated carbocycles. The van der Waals surface area contributed by atoms with Gasteiger partial charge in [-0.05, 0) is 26.3 Å². The largest absolute Gasteiger partial charge is 0.308 e. The summed E-state index contributed by atoms with van der Waals surface area (Å²) in [5.74, 6) is -0.900. The molecule has 0 radical (unpaired) electrons. The first kappa shape index (κ1) is 15.8. The highest BCUT2D eigenvalue weighted by Gasteiger charge is 2.38. The van der Waals surface area contributed by atoms with Gasteiger partial charge in [-0.15, -0.1) is 0 Å². The lowest BCUT2D eigenvalue weighted by Gasteiger charge is -2.25. The van der Waals surface area contributed by atoms with Gasteiger partial charge in [-0.2, -0.15) is 0 Å². The number of halogens is 1. The molecule has 0 amide bonds. The molecule has 0 unspecified atom stereocenters. The molecule has 3 nitrogen and oxygen atoms in total. The Morgan fingerprint density at radius 1 is 1.32 bits per heavy atom. The zero-order chi connectivity index (χ0) is 14.7. The van der Waals surface area contributed by atoms with Gasteiger partial charge in [0.05, 0.1) is 5.75 Å². The summed E-state index contributed by atoms with van der Waals surface area (Å²) >= 11 is 0. The topological polar surface area (TPSA) is 58.0 Å². The van der Waals surface area contributed by atoms with Crippen molar-refractivity contribution in [3.05, 3.63) is 35.6 Å². The second-order valence-electron chi connectivity index (χ2n) is 5.09. The SMILES string of the molecule is CCCC(=N)C(C)(C)S(=O)(=O)Cc1ccccc1F. The van der Waals surface area contributed by atoms with Crippen LogP contribution >= 0.6 is 0 Å². The van der Waals surface area contributed by atoms with Gasteiger partial charge in [0.2, 0.25) is 0 Å². The summed E-state index contributed by atoms with van der Waals surface area (Å²) in [6.07, 6.45) is 1.15. The van der Waals surface area contributed by atoms with E-state index in [0.717, 1.165) is 6.42 Å². The molecule has 0 bridgehead atoms. The molecule has 1 aromatic rings. The molecular formula is C14H20FNO2S. The zero-order valence-electron chi connectivity index (χ0n) is 11.5. The van der Waals surface area contributed by atoms with Gasteiger partial charge in [-0.1, -0.05) is 31.5 Å². The predicted octanol–water partition coefficient (Wildman–Crippen LogP) is 3.34. The molecule has 1 aromatic carbocycles. The van der Waals surface area contributed by atoms with Crippen LogP contribution in [0.2, 0.25) is 0 Å². The summed E-state index contributed by atoms with van der Waals surface area (Å²) in [5.41, 5.74) is 0.325.